The molecule has 8 heteroatoms. The summed E-state index contributed by atoms with van der Waals surface area (Å²) in [6.45, 7) is 5.20. The van der Waals surface area contributed by atoms with E-state index in [1.54, 1.807) is 4.90 Å². The Bertz CT molecular complexity index is 940. The molecule has 5 atom stereocenters. The van der Waals surface area contributed by atoms with Gasteiger partial charge in [0.05, 0.1) is 17.4 Å². The van der Waals surface area contributed by atoms with E-state index in [-0.39, 0.29) is 24.3 Å². The average molecular weight is 500 g/mol. The van der Waals surface area contributed by atoms with Gasteiger partial charge in [-0.2, -0.15) is 0 Å². The number of fused-ring (bicyclic) bond motifs is 1. The molecular weight excluding hydrogens is 458 g/mol. The normalized spacial score (nSPS) is 30.5. The van der Waals surface area contributed by atoms with Crippen LogP contribution in [-0.4, -0.2) is 64.7 Å². The third-order valence-corrected chi connectivity index (χ3v) is 8.39. The van der Waals surface area contributed by atoms with Gasteiger partial charge in [-0.25, -0.2) is 0 Å². The summed E-state index contributed by atoms with van der Waals surface area (Å²) in [5, 5.41) is 15.2. The second kappa shape index (κ2) is 11.3. The Morgan fingerprint density at radius 2 is 1.83 bits per heavy atom. The monoisotopic (exact) mass is 499 g/mol. The third-order valence-electron chi connectivity index (χ3n) is 8.39. The zero-order chi connectivity index (χ0) is 25.8. The lowest BCUT2D eigenvalue weighted by Gasteiger charge is -2.34. The predicted octanol–water partition coefficient (Wildman–Crippen LogP) is 3.25. The fourth-order valence-corrected chi connectivity index (χ4v) is 6.65. The van der Waals surface area contributed by atoms with Crippen LogP contribution >= 0.6 is 0 Å². The Balaban J connectivity index is 1.63. The summed E-state index contributed by atoms with van der Waals surface area (Å²) < 4.78 is 6.76. The Morgan fingerprint density at radius 1 is 1.06 bits per heavy atom. The van der Waals surface area contributed by atoms with Crippen LogP contribution in [-0.2, 0) is 19.1 Å². The van der Waals surface area contributed by atoms with Gasteiger partial charge in [0.1, 0.15) is 11.6 Å². The minimum Gasteiger partial charge on any atom is -0.396 e. The van der Waals surface area contributed by atoms with Crippen molar-refractivity contribution in [2.45, 2.75) is 88.9 Å². The molecule has 1 spiro atoms. The van der Waals surface area contributed by atoms with Crippen LogP contribution in [0.3, 0.4) is 0 Å². The predicted molar refractivity (Wildman–Crippen MR) is 137 cm³/mol. The lowest BCUT2D eigenvalue weighted by atomic mass is 9.65. The van der Waals surface area contributed by atoms with Gasteiger partial charge in [-0.15, -0.1) is 0 Å². The lowest BCUT2D eigenvalue weighted by molar-refractivity contribution is -0.146. The second-order valence-corrected chi connectivity index (χ2v) is 10.5. The highest BCUT2D eigenvalue weighted by molar-refractivity contribution is 6.02. The van der Waals surface area contributed by atoms with Gasteiger partial charge in [-0.05, 0) is 57.1 Å². The molecule has 2 unspecified atom stereocenters. The number of anilines is 1. The number of aliphatic hydroxyl groups excluding tert-OH is 1. The van der Waals surface area contributed by atoms with Crippen molar-refractivity contribution in [2.24, 2.45) is 11.8 Å². The number of rotatable bonds is 13. The van der Waals surface area contributed by atoms with Crippen molar-refractivity contribution in [3.8, 4) is 0 Å². The molecule has 3 fully saturated rings. The smallest absolute Gasteiger partial charge is 0.245 e. The highest BCUT2D eigenvalue weighted by Gasteiger charge is 2.78. The largest absolute Gasteiger partial charge is 0.396 e. The van der Waals surface area contributed by atoms with Gasteiger partial charge in [-0.3, -0.25) is 14.4 Å². The van der Waals surface area contributed by atoms with Gasteiger partial charge in [0.25, 0.3) is 0 Å². The van der Waals surface area contributed by atoms with E-state index in [2.05, 4.69) is 17.6 Å². The molecule has 4 rings (SSSR count). The number of para-hydroxylation sites is 1. The summed E-state index contributed by atoms with van der Waals surface area (Å²) in [7, 11) is 0. The van der Waals surface area contributed by atoms with Crippen molar-refractivity contribution in [3.05, 3.63) is 30.3 Å². The Kier molecular flexibility index (Phi) is 8.35. The zero-order valence-corrected chi connectivity index (χ0v) is 21.6. The highest BCUT2D eigenvalue weighted by atomic mass is 16.5. The number of carbonyl (C=O) groups is 3. The maximum Gasteiger partial charge on any atom is 0.245 e. The van der Waals surface area contributed by atoms with E-state index in [0.29, 0.717) is 50.9 Å². The second-order valence-electron chi connectivity index (χ2n) is 10.5. The summed E-state index contributed by atoms with van der Waals surface area (Å²) in [6, 6.07) is 8.52. The maximum atomic E-state index is 14.0. The first-order valence-corrected chi connectivity index (χ1v) is 13.7. The molecule has 36 heavy (non-hydrogen) atoms. The number of aliphatic hydroxyl groups is 1. The molecule has 8 nitrogen and oxygen atoms in total. The van der Waals surface area contributed by atoms with Gasteiger partial charge in [0, 0.05) is 25.4 Å². The Morgan fingerprint density at radius 3 is 2.53 bits per heavy atom. The molecule has 2 bridgehead atoms. The molecule has 3 aliphatic rings. The van der Waals surface area contributed by atoms with Gasteiger partial charge in [0.2, 0.25) is 17.7 Å². The van der Waals surface area contributed by atoms with Crippen LogP contribution in [0, 0.1) is 11.8 Å². The van der Waals surface area contributed by atoms with Crippen molar-refractivity contribution in [1.82, 2.24) is 10.2 Å². The number of likely N-dealkylation sites (tertiary alicyclic amines) is 1. The number of ether oxygens (including phenoxy) is 1. The molecule has 0 aliphatic carbocycles. The molecule has 1 aromatic carbocycles. The SMILES string of the molecule is CCCCCNC(=O)C1N(CCCCCO)C(=O)[C@@H]2[C@H](C(=O)Nc3ccccc3)[C@]3(CC)CCC12O3. The molecule has 1 aromatic rings. The molecule has 0 radical (unpaired) electrons. The number of hydrogen-bond acceptors (Lipinski definition) is 5. The first-order chi connectivity index (χ1) is 17.4. The molecule has 3 aliphatic heterocycles. The number of nitrogens with zero attached hydrogens (tertiary/aromatic N) is 1. The topological polar surface area (TPSA) is 108 Å². The number of amides is 3. The number of benzene rings is 1. The zero-order valence-electron chi connectivity index (χ0n) is 21.6. The van der Waals surface area contributed by atoms with Gasteiger partial charge in [0.15, 0.2) is 0 Å². The van der Waals surface area contributed by atoms with Crippen molar-refractivity contribution in [1.29, 1.82) is 0 Å². The van der Waals surface area contributed by atoms with Crippen molar-refractivity contribution < 1.29 is 24.2 Å². The molecule has 3 N–H and O–H groups in total. The van der Waals surface area contributed by atoms with E-state index in [4.69, 9.17) is 4.74 Å². The minimum absolute atomic E-state index is 0.103. The van der Waals surface area contributed by atoms with E-state index in [9.17, 15) is 19.5 Å². The molecule has 0 aromatic heterocycles. The van der Waals surface area contributed by atoms with Gasteiger partial charge in [-0.1, -0.05) is 44.9 Å². The third kappa shape index (κ3) is 4.65. The summed E-state index contributed by atoms with van der Waals surface area (Å²) in [5.41, 5.74) is -1.05. The van der Waals surface area contributed by atoms with Gasteiger partial charge >= 0.3 is 0 Å². The quantitative estimate of drug-likeness (QED) is 0.361. The average Bonchev–Trinajstić information content (AvgIpc) is 3.48. The van der Waals surface area contributed by atoms with Crippen LogP contribution in [0.25, 0.3) is 0 Å². The molecular formula is C28H41N3O5. The molecule has 0 saturated carbocycles. The van der Waals surface area contributed by atoms with Crippen molar-refractivity contribution in [3.63, 3.8) is 0 Å². The Labute approximate surface area is 214 Å². The van der Waals surface area contributed by atoms with Crippen LogP contribution in [0.5, 0.6) is 0 Å². The first-order valence-electron chi connectivity index (χ1n) is 13.7. The van der Waals surface area contributed by atoms with E-state index < -0.39 is 29.1 Å². The summed E-state index contributed by atoms with van der Waals surface area (Å²) in [5.74, 6) is -1.88. The van der Waals surface area contributed by atoms with Crippen molar-refractivity contribution in [2.75, 3.05) is 25.0 Å². The van der Waals surface area contributed by atoms with Crippen LogP contribution in [0.15, 0.2) is 30.3 Å². The highest BCUT2D eigenvalue weighted by Crippen LogP contribution is 2.64. The summed E-state index contributed by atoms with van der Waals surface area (Å²) in [4.78, 5) is 43.0. The molecule has 3 heterocycles. The van der Waals surface area contributed by atoms with E-state index >= 15 is 0 Å². The van der Waals surface area contributed by atoms with Crippen LogP contribution < -0.4 is 10.6 Å². The lowest BCUT2D eigenvalue weighted by Crippen LogP contribution is -2.55. The van der Waals surface area contributed by atoms with Crippen LogP contribution in [0.1, 0.15) is 71.6 Å². The van der Waals surface area contributed by atoms with E-state index in [1.807, 2.05) is 37.3 Å². The fraction of sp³-hybridized carbons (Fsp3) is 0.679. The number of unbranched alkanes of at least 4 members (excludes halogenated alkanes) is 4. The fourth-order valence-electron chi connectivity index (χ4n) is 6.65. The summed E-state index contributed by atoms with van der Waals surface area (Å²) >= 11 is 0. The number of hydrogen-bond donors (Lipinski definition) is 3. The molecule has 3 amide bonds. The minimum atomic E-state index is -0.988. The standard InChI is InChI=1S/C28H41N3O5/c1-3-5-10-17-29-25(34)23-28-16-15-27(4-2,36-28)21(24(33)30-20-13-8-6-9-14-20)22(28)26(35)31(23)18-11-7-12-19-32/h6,8-9,13-14,21-23,32H,3-5,7,10-12,15-19H2,1-2H3,(H,29,34)(H,30,33)/t21-,22+,23?,27+,28?/m1/s1. The first kappa shape index (κ1) is 26.6. The van der Waals surface area contributed by atoms with Crippen LogP contribution in [0.2, 0.25) is 0 Å². The van der Waals surface area contributed by atoms with Crippen molar-refractivity contribution >= 4 is 23.4 Å². The van der Waals surface area contributed by atoms with E-state index in [0.717, 1.165) is 25.7 Å². The Hall–Kier alpha value is -2.45. The van der Waals surface area contributed by atoms with E-state index in [1.165, 1.54) is 0 Å². The number of nitrogens with one attached hydrogen (secondary N) is 2. The van der Waals surface area contributed by atoms with Gasteiger partial charge < -0.3 is 25.4 Å². The van der Waals surface area contributed by atoms with Crippen LogP contribution in [0.4, 0.5) is 5.69 Å². The summed E-state index contributed by atoms with van der Waals surface area (Å²) in [6.07, 6.45) is 6.92. The number of carbonyl (C=O) groups excluding carboxylic acids is 3. The maximum absolute atomic E-state index is 14.0. The molecule has 198 valence electrons. The molecule has 3 saturated heterocycles.